The molecular weight excluding hydrogens is 504 g/mol. The maximum Gasteiger partial charge on any atom is 0.348 e. The second-order valence-corrected chi connectivity index (χ2v) is 8.91. The summed E-state index contributed by atoms with van der Waals surface area (Å²) in [5, 5.41) is 26.1. The molecule has 0 atom stereocenters. The van der Waals surface area contributed by atoms with Gasteiger partial charge in [0.15, 0.2) is 0 Å². The number of rotatable bonds is 10. The predicted molar refractivity (Wildman–Crippen MR) is 137 cm³/mol. The fraction of sp³-hybridized carbons (Fsp3) is 0.167. The van der Waals surface area contributed by atoms with Gasteiger partial charge in [-0.25, -0.2) is 14.6 Å². The number of hydrogen-bond donors (Lipinski definition) is 1. The van der Waals surface area contributed by atoms with E-state index >= 15 is 0 Å². The topological polar surface area (TPSA) is 144 Å². The number of ether oxygens (including phenoxy) is 2. The lowest BCUT2D eigenvalue weighted by Gasteiger charge is -2.05. The van der Waals surface area contributed by atoms with Crippen LogP contribution >= 0.6 is 22.7 Å². The van der Waals surface area contributed by atoms with Crippen LogP contribution in [0.3, 0.4) is 0 Å². The summed E-state index contributed by atoms with van der Waals surface area (Å²) in [4.78, 5) is 40.2. The van der Waals surface area contributed by atoms with Crippen LogP contribution in [-0.2, 0) is 9.47 Å². The molecule has 0 aliphatic heterocycles. The minimum atomic E-state index is -0.620. The van der Waals surface area contributed by atoms with Gasteiger partial charge in [0.2, 0.25) is 0 Å². The van der Waals surface area contributed by atoms with E-state index in [0.717, 1.165) is 11.3 Å². The lowest BCUT2D eigenvalue weighted by Crippen LogP contribution is -2.09. The maximum absolute atomic E-state index is 12.6. The zero-order valence-electron chi connectivity index (χ0n) is 19.3. The number of nitro benzene ring substituents is 1. The number of allylic oxidation sites excluding steroid dienone is 1. The molecule has 3 aromatic rings. The molecule has 2 heterocycles. The summed E-state index contributed by atoms with van der Waals surface area (Å²) >= 11 is 2.18. The number of nitrogens with zero attached hydrogens (tertiary/aromatic N) is 3. The first-order chi connectivity index (χ1) is 17.3. The number of thiazole rings is 1. The van der Waals surface area contributed by atoms with Crippen LogP contribution in [0.2, 0.25) is 0 Å². The highest BCUT2D eigenvalue weighted by molar-refractivity contribution is 7.18. The third kappa shape index (κ3) is 5.83. The molecule has 1 aromatic carbocycles. The van der Waals surface area contributed by atoms with Gasteiger partial charge >= 0.3 is 11.9 Å². The monoisotopic (exact) mass is 524 g/mol. The Morgan fingerprint density at radius 3 is 2.78 bits per heavy atom. The van der Waals surface area contributed by atoms with Crippen molar-refractivity contribution in [2.45, 2.75) is 13.8 Å². The largest absolute Gasteiger partial charge is 0.462 e. The van der Waals surface area contributed by atoms with E-state index in [1.54, 1.807) is 31.4 Å². The third-order valence-electron chi connectivity index (χ3n) is 4.70. The van der Waals surface area contributed by atoms with Crippen molar-refractivity contribution in [1.29, 1.82) is 5.26 Å². The lowest BCUT2D eigenvalue weighted by atomic mass is 10.1. The highest BCUT2D eigenvalue weighted by Gasteiger charge is 2.26. The number of carbonyl (C=O) groups excluding carboxylic acids is 2. The standard InChI is InChI=1S/C24H20N4O6S2/c1-4-9-34-24(30)20-14(3)19(23(29)33-5-2)22(36-20)26-12-16(11-25)21-27-18(13-35-21)15-7-6-8-17(10-15)28(31)32/h4,6-8,10,12-13,26H,1,5,9H2,2-3H3. The first kappa shape index (κ1) is 26.3. The van der Waals surface area contributed by atoms with Crippen molar-refractivity contribution >= 4 is 50.9 Å². The summed E-state index contributed by atoms with van der Waals surface area (Å²) in [5.74, 6) is -1.23. The van der Waals surface area contributed by atoms with Gasteiger partial charge < -0.3 is 14.8 Å². The van der Waals surface area contributed by atoms with Gasteiger partial charge in [-0.2, -0.15) is 5.26 Å². The van der Waals surface area contributed by atoms with E-state index in [1.807, 2.05) is 0 Å². The number of aromatic nitrogens is 1. The van der Waals surface area contributed by atoms with Crippen LogP contribution in [0.5, 0.6) is 0 Å². The Hall–Kier alpha value is -4.34. The second kappa shape index (κ2) is 11.9. The number of carbonyl (C=O) groups is 2. The summed E-state index contributed by atoms with van der Waals surface area (Å²) < 4.78 is 10.2. The first-order valence-electron chi connectivity index (χ1n) is 10.5. The molecule has 0 aliphatic carbocycles. The van der Waals surface area contributed by atoms with Crippen molar-refractivity contribution < 1.29 is 24.0 Å². The summed E-state index contributed by atoms with van der Waals surface area (Å²) in [5.41, 5.74) is 1.67. The van der Waals surface area contributed by atoms with Gasteiger partial charge in [-0.1, -0.05) is 24.8 Å². The maximum atomic E-state index is 12.6. The zero-order chi connectivity index (χ0) is 26.2. The molecule has 0 saturated heterocycles. The minimum absolute atomic E-state index is 0.0170. The molecule has 0 fully saturated rings. The normalized spacial score (nSPS) is 10.9. The fourth-order valence-electron chi connectivity index (χ4n) is 3.05. The molecule has 184 valence electrons. The molecule has 3 rings (SSSR count). The molecule has 1 N–H and O–H groups in total. The van der Waals surface area contributed by atoms with E-state index < -0.39 is 16.9 Å². The number of nitriles is 1. The fourth-order valence-corrected chi connectivity index (χ4v) is 4.90. The van der Waals surface area contributed by atoms with Crippen LogP contribution < -0.4 is 5.32 Å². The van der Waals surface area contributed by atoms with Crippen molar-refractivity contribution in [3.05, 3.63) is 79.6 Å². The Bertz CT molecular complexity index is 1400. The van der Waals surface area contributed by atoms with Crippen molar-refractivity contribution in [3.63, 3.8) is 0 Å². The molecule has 0 aliphatic rings. The van der Waals surface area contributed by atoms with Gasteiger partial charge in [0.25, 0.3) is 5.69 Å². The average molecular weight is 525 g/mol. The highest BCUT2D eigenvalue weighted by atomic mass is 32.1. The van der Waals surface area contributed by atoms with Crippen LogP contribution in [0.25, 0.3) is 16.8 Å². The van der Waals surface area contributed by atoms with E-state index in [4.69, 9.17) is 9.47 Å². The number of benzene rings is 1. The van der Waals surface area contributed by atoms with Gasteiger partial charge in [0, 0.05) is 29.3 Å². The Morgan fingerprint density at radius 1 is 1.33 bits per heavy atom. The number of non-ortho nitro benzene ring substituents is 1. The number of esters is 2. The Labute approximate surface area is 214 Å². The molecule has 0 unspecified atom stereocenters. The van der Waals surface area contributed by atoms with Crippen LogP contribution in [0.15, 0.2) is 48.5 Å². The molecule has 12 heteroatoms. The lowest BCUT2D eigenvalue weighted by molar-refractivity contribution is -0.384. The number of hydrogen-bond acceptors (Lipinski definition) is 11. The summed E-state index contributed by atoms with van der Waals surface area (Å²) in [6, 6.07) is 8.08. The number of nitrogens with one attached hydrogen (secondary N) is 1. The van der Waals surface area contributed by atoms with Crippen LogP contribution in [0.1, 0.15) is 37.5 Å². The third-order valence-corrected chi connectivity index (χ3v) is 6.78. The van der Waals surface area contributed by atoms with E-state index in [-0.39, 0.29) is 34.9 Å². The van der Waals surface area contributed by atoms with Gasteiger partial charge in [-0.3, -0.25) is 10.1 Å². The molecule has 36 heavy (non-hydrogen) atoms. The predicted octanol–water partition coefficient (Wildman–Crippen LogP) is 5.58. The number of thiophene rings is 1. The van der Waals surface area contributed by atoms with Crippen LogP contribution in [0.4, 0.5) is 10.7 Å². The molecular formula is C24H20N4O6S2. The van der Waals surface area contributed by atoms with Crippen LogP contribution in [-0.4, -0.2) is 35.1 Å². The molecule has 0 amide bonds. The molecule has 0 radical (unpaired) electrons. The van der Waals surface area contributed by atoms with Crippen molar-refractivity contribution in [2.75, 3.05) is 18.5 Å². The first-order valence-corrected chi connectivity index (χ1v) is 12.2. The van der Waals surface area contributed by atoms with Crippen molar-refractivity contribution in [1.82, 2.24) is 4.98 Å². The van der Waals surface area contributed by atoms with Gasteiger partial charge in [-0.05, 0) is 19.4 Å². The molecule has 10 nitrogen and oxygen atoms in total. The van der Waals surface area contributed by atoms with E-state index in [9.17, 15) is 25.0 Å². The summed E-state index contributed by atoms with van der Waals surface area (Å²) in [7, 11) is 0. The molecule has 0 bridgehead atoms. The van der Waals surface area contributed by atoms with Crippen molar-refractivity contribution in [3.8, 4) is 17.3 Å². The van der Waals surface area contributed by atoms with Gasteiger partial charge in [-0.15, -0.1) is 22.7 Å². The number of nitro groups is 1. The smallest absolute Gasteiger partial charge is 0.348 e. The van der Waals surface area contributed by atoms with Gasteiger partial charge in [0.1, 0.15) is 33.1 Å². The minimum Gasteiger partial charge on any atom is -0.462 e. The zero-order valence-corrected chi connectivity index (χ0v) is 20.9. The second-order valence-electron chi connectivity index (χ2n) is 7.03. The van der Waals surface area contributed by atoms with Crippen molar-refractivity contribution in [2.24, 2.45) is 0 Å². The van der Waals surface area contributed by atoms with E-state index in [1.165, 1.54) is 35.7 Å². The Kier molecular flexibility index (Phi) is 8.66. The van der Waals surface area contributed by atoms with E-state index in [0.29, 0.717) is 26.8 Å². The Morgan fingerprint density at radius 2 is 2.11 bits per heavy atom. The quantitative estimate of drug-likeness (QED) is 0.118. The number of anilines is 1. The van der Waals surface area contributed by atoms with Crippen LogP contribution in [0, 0.1) is 28.4 Å². The molecule has 0 spiro atoms. The highest BCUT2D eigenvalue weighted by Crippen LogP contribution is 2.35. The summed E-state index contributed by atoms with van der Waals surface area (Å²) in [6.45, 7) is 6.95. The average Bonchev–Trinajstić information content (AvgIpc) is 3.48. The van der Waals surface area contributed by atoms with E-state index in [2.05, 4.69) is 22.9 Å². The van der Waals surface area contributed by atoms with Gasteiger partial charge in [0.05, 0.1) is 22.8 Å². The Balaban J connectivity index is 1.93. The molecule has 2 aromatic heterocycles. The SMILES string of the molecule is C=CCOC(=O)c1sc(NC=C(C#N)c2nc(-c3cccc([N+](=O)[O-])c3)cs2)c(C(=O)OCC)c1C. The molecule has 0 saturated carbocycles. The summed E-state index contributed by atoms with van der Waals surface area (Å²) in [6.07, 6.45) is 2.81.